The van der Waals surface area contributed by atoms with E-state index in [0.29, 0.717) is 32.1 Å². The first-order chi connectivity index (χ1) is 12.7. The maximum Gasteiger partial charge on any atom is 0.324 e. The fourth-order valence-electron chi connectivity index (χ4n) is 2.77. The number of aromatic nitrogens is 1. The molecule has 1 saturated heterocycles. The molecule has 1 aromatic carbocycles. The molecule has 0 spiro atoms. The average molecular weight is 354 g/mol. The molecular formula is C18H22N6O2. The van der Waals surface area contributed by atoms with Crippen molar-refractivity contribution in [1.29, 1.82) is 0 Å². The number of imide groups is 1. The van der Waals surface area contributed by atoms with Crippen molar-refractivity contribution in [2.24, 2.45) is 4.99 Å². The van der Waals surface area contributed by atoms with Crippen molar-refractivity contribution in [3.05, 3.63) is 42.1 Å². The summed E-state index contributed by atoms with van der Waals surface area (Å²) in [7, 11) is 0. The van der Waals surface area contributed by atoms with Gasteiger partial charge in [0, 0.05) is 31.2 Å². The number of amides is 3. The number of nitrogens with one attached hydrogen (secondary N) is 3. The summed E-state index contributed by atoms with van der Waals surface area (Å²) in [6, 6.07) is 9.57. The average Bonchev–Trinajstić information content (AvgIpc) is 2.98. The highest BCUT2D eigenvalue weighted by atomic mass is 16.2. The van der Waals surface area contributed by atoms with E-state index in [1.54, 1.807) is 6.20 Å². The van der Waals surface area contributed by atoms with Crippen LogP contribution in [0.25, 0.3) is 10.9 Å². The predicted octanol–water partition coefficient (Wildman–Crippen LogP) is 0.842. The molecular weight excluding hydrogens is 332 g/mol. The fraction of sp³-hybridized carbons (Fsp3) is 0.333. The summed E-state index contributed by atoms with van der Waals surface area (Å²) < 4.78 is 0. The number of carbonyl (C=O) groups excluding carboxylic acids is 2. The molecule has 3 N–H and O–H groups in total. The van der Waals surface area contributed by atoms with Gasteiger partial charge in [-0.2, -0.15) is 0 Å². The Morgan fingerprint density at radius 1 is 1.27 bits per heavy atom. The molecule has 0 atom stereocenters. The lowest BCUT2D eigenvalue weighted by Gasteiger charge is -2.15. The summed E-state index contributed by atoms with van der Waals surface area (Å²) >= 11 is 0. The highest BCUT2D eigenvalue weighted by Crippen LogP contribution is 2.16. The second kappa shape index (κ2) is 8.28. The normalized spacial score (nSPS) is 14.7. The Balaban J connectivity index is 1.63. The number of hydrogen-bond acceptors (Lipinski definition) is 4. The number of rotatable bonds is 6. The molecule has 1 aromatic heterocycles. The van der Waals surface area contributed by atoms with E-state index in [-0.39, 0.29) is 18.5 Å². The van der Waals surface area contributed by atoms with Gasteiger partial charge in [0.25, 0.3) is 0 Å². The van der Waals surface area contributed by atoms with E-state index in [1.165, 1.54) is 4.90 Å². The van der Waals surface area contributed by atoms with E-state index in [0.717, 1.165) is 16.5 Å². The number of guanidine groups is 1. The van der Waals surface area contributed by atoms with E-state index in [2.05, 4.69) is 25.9 Å². The van der Waals surface area contributed by atoms with Crippen LogP contribution in [-0.2, 0) is 11.3 Å². The van der Waals surface area contributed by atoms with Crippen molar-refractivity contribution >= 4 is 28.8 Å². The van der Waals surface area contributed by atoms with Crippen molar-refractivity contribution in [3.8, 4) is 0 Å². The van der Waals surface area contributed by atoms with Crippen LogP contribution in [0.15, 0.2) is 41.5 Å². The van der Waals surface area contributed by atoms with E-state index in [9.17, 15) is 9.59 Å². The number of urea groups is 1. The molecule has 8 nitrogen and oxygen atoms in total. The van der Waals surface area contributed by atoms with E-state index in [4.69, 9.17) is 0 Å². The van der Waals surface area contributed by atoms with Gasteiger partial charge in [0.2, 0.25) is 5.91 Å². The van der Waals surface area contributed by atoms with Gasteiger partial charge < -0.3 is 16.0 Å². The molecule has 0 bridgehead atoms. The molecule has 3 amide bonds. The lowest BCUT2D eigenvalue weighted by molar-refractivity contribution is -0.124. The Bertz CT molecular complexity index is 814. The lowest BCUT2D eigenvalue weighted by atomic mass is 10.1. The zero-order chi connectivity index (χ0) is 18.4. The first-order valence-corrected chi connectivity index (χ1v) is 8.62. The molecule has 0 saturated carbocycles. The summed E-state index contributed by atoms with van der Waals surface area (Å²) in [5.41, 5.74) is 2.03. The quantitative estimate of drug-likeness (QED) is 0.406. The monoisotopic (exact) mass is 354 g/mol. The molecule has 26 heavy (non-hydrogen) atoms. The number of carbonyl (C=O) groups is 2. The lowest BCUT2D eigenvalue weighted by Crippen LogP contribution is -2.43. The molecule has 2 heterocycles. The number of pyridine rings is 1. The molecule has 1 aliphatic heterocycles. The third kappa shape index (κ3) is 4.08. The van der Waals surface area contributed by atoms with Crippen LogP contribution in [0.1, 0.15) is 12.5 Å². The van der Waals surface area contributed by atoms with Crippen LogP contribution in [0.5, 0.6) is 0 Å². The molecule has 0 unspecified atom stereocenters. The Morgan fingerprint density at radius 2 is 2.12 bits per heavy atom. The van der Waals surface area contributed by atoms with Crippen LogP contribution in [0.2, 0.25) is 0 Å². The van der Waals surface area contributed by atoms with Gasteiger partial charge in [-0.25, -0.2) is 9.79 Å². The van der Waals surface area contributed by atoms with Gasteiger partial charge in [0.05, 0.1) is 18.6 Å². The van der Waals surface area contributed by atoms with Crippen molar-refractivity contribution in [2.45, 2.75) is 13.5 Å². The van der Waals surface area contributed by atoms with Crippen LogP contribution < -0.4 is 16.0 Å². The Morgan fingerprint density at radius 3 is 2.88 bits per heavy atom. The molecule has 1 aliphatic rings. The topological polar surface area (TPSA) is 98.7 Å². The predicted molar refractivity (Wildman–Crippen MR) is 99.7 cm³/mol. The summed E-state index contributed by atoms with van der Waals surface area (Å²) in [5, 5.41) is 9.91. The maximum absolute atomic E-state index is 11.6. The van der Waals surface area contributed by atoms with E-state index in [1.807, 2.05) is 37.3 Å². The van der Waals surface area contributed by atoms with Gasteiger partial charge >= 0.3 is 6.03 Å². The second-order valence-electron chi connectivity index (χ2n) is 5.81. The molecule has 3 rings (SSSR count). The van der Waals surface area contributed by atoms with Crippen LogP contribution >= 0.6 is 0 Å². The minimum absolute atomic E-state index is 0.0715. The van der Waals surface area contributed by atoms with Gasteiger partial charge in [-0.1, -0.05) is 18.2 Å². The largest absolute Gasteiger partial charge is 0.357 e. The minimum Gasteiger partial charge on any atom is -0.357 e. The Labute approximate surface area is 151 Å². The molecule has 0 radical (unpaired) electrons. The highest BCUT2D eigenvalue weighted by Gasteiger charge is 2.27. The third-order valence-corrected chi connectivity index (χ3v) is 4.06. The summed E-state index contributed by atoms with van der Waals surface area (Å²) in [6.07, 6.45) is 1.78. The van der Waals surface area contributed by atoms with Gasteiger partial charge in [0.1, 0.15) is 0 Å². The Hall–Kier alpha value is -3.16. The standard InChI is InChI=1S/C18H22N6O2/c1-2-19-17(21-9-10-24-16(25)12-23-18(24)26)22-11-13-7-8-20-15-6-4-3-5-14(13)15/h3-8H,2,9-12H2,1H3,(H,23,26)(H2,19,21,22). The first kappa shape index (κ1) is 17.7. The van der Waals surface area contributed by atoms with Crippen molar-refractivity contribution in [2.75, 3.05) is 26.2 Å². The maximum atomic E-state index is 11.6. The van der Waals surface area contributed by atoms with Crippen LogP contribution in [0.4, 0.5) is 4.79 Å². The zero-order valence-corrected chi connectivity index (χ0v) is 14.7. The van der Waals surface area contributed by atoms with Crippen molar-refractivity contribution in [1.82, 2.24) is 25.8 Å². The summed E-state index contributed by atoms with van der Waals surface area (Å²) in [4.78, 5) is 33.3. The van der Waals surface area contributed by atoms with Crippen LogP contribution in [0.3, 0.4) is 0 Å². The fourth-order valence-corrected chi connectivity index (χ4v) is 2.77. The van der Waals surface area contributed by atoms with Crippen molar-refractivity contribution < 1.29 is 9.59 Å². The number of hydrogen-bond donors (Lipinski definition) is 3. The number of para-hydroxylation sites is 1. The number of fused-ring (bicyclic) bond motifs is 1. The SMILES string of the molecule is CCNC(=NCc1ccnc2ccccc12)NCCN1C(=O)CNC1=O. The van der Waals surface area contributed by atoms with Crippen molar-refractivity contribution in [3.63, 3.8) is 0 Å². The molecule has 136 valence electrons. The van der Waals surface area contributed by atoms with Crippen LogP contribution in [0, 0.1) is 0 Å². The number of nitrogens with zero attached hydrogens (tertiary/aromatic N) is 3. The van der Waals surface area contributed by atoms with Gasteiger partial charge in [-0.05, 0) is 24.6 Å². The molecule has 0 aliphatic carbocycles. The Kier molecular flexibility index (Phi) is 5.62. The zero-order valence-electron chi connectivity index (χ0n) is 14.7. The van der Waals surface area contributed by atoms with Crippen LogP contribution in [-0.4, -0.2) is 54.0 Å². The molecule has 8 heteroatoms. The summed E-state index contributed by atoms with van der Waals surface area (Å²) in [6.45, 7) is 4.00. The molecule has 2 aromatic rings. The molecule has 1 fully saturated rings. The number of aliphatic imine (C=N–C) groups is 1. The second-order valence-corrected chi connectivity index (χ2v) is 5.81. The van der Waals surface area contributed by atoms with E-state index < -0.39 is 0 Å². The van der Waals surface area contributed by atoms with Gasteiger partial charge in [0.15, 0.2) is 5.96 Å². The first-order valence-electron chi connectivity index (χ1n) is 8.62. The van der Waals surface area contributed by atoms with Gasteiger partial charge in [-0.3, -0.25) is 14.7 Å². The smallest absolute Gasteiger partial charge is 0.324 e. The number of benzene rings is 1. The summed E-state index contributed by atoms with van der Waals surface area (Å²) in [5.74, 6) is 0.433. The minimum atomic E-state index is -0.345. The highest BCUT2D eigenvalue weighted by molar-refractivity contribution is 6.01. The van der Waals surface area contributed by atoms with E-state index >= 15 is 0 Å². The van der Waals surface area contributed by atoms with Gasteiger partial charge in [-0.15, -0.1) is 0 Å². The third-order valence-electron chi connectivity index (χ3n) is 4.06.